The van der Waals surface area contributed by atoms with Gasteiger partial charge in [-0.15, -0.1) is 0 Å². The number of rotatable bonds is 7. The highest BCUT2D eigenvalue weighted by atomic mass is 16.2. The van der Waals surface area contributed by atoms with Crippen molar-refractivity contribution in [3.8, 4) is 0 Å². The maximum atomic E-state index is 13.9. The van der Waals surface area contributed by atoms with Gasteiger partial charge in [0, 0.05) is 6.42 Å². The molecule has 0 saturated heterocycles. The topological polar surface area (TPSA) is 66.5 Å². The van der Waals surface area contributed by atoms with Gasteiger partial charge in [0.25, 0.3) is 11.8 Å². The Kier molecular flexibility index (Phi) is 6.22. The molecule has 0 fully saturated rings. The third-order valence-electron chi connectivity index (χ3n) is 6.26. The Morgan fingerprint density at radius 3 is 1.54 bits per heavy atom. The van der Waals surface area contributed by atoms with Crippen molar-refractivity contribution in [3.63, 3.8) is 0 Å². The number of carbonyl (C=O) groups excluding carboxylic acids is 3. The summed E-state index contributed by atoms with van der Waals surface area (Å²) in [5.41, 5.74) is 3.33. The summed E-state index contributed by atoms with van der Waals surface area (Å²) in [5.74, 6) is -1.28. The van der Waals surface area contributed by atoms with Crippen LogP contribution in [0.5, 0.6) is 0 Å². The average molecular weight is 461 g/mol. The van der Waals surface area contributed by atoms with E-state index in [0.29, 0.717) is 11.1 Å². The number of nitrogens with zero attached hydrogens (tertiary/aromatic N) is 1. The van der Waals surface area contributed by atoms with Gasteiger partial charge < -0.3 is 5.32 Å². The summed E-state index contributed by atoms with van der Waals surface area (Å²) < 4.78 is 0. The van der Waals surface area contributed by atoms with Gasteiger partial charge in [0.05, 0.1) is 17.2 Å². The highest BCUT2D eigenvalue weighted by Crippen LogP contribution is 2.28. The molecule has 172 valence electrons. The predicted molar refractivity (Wildman–Crippen MR) is 134 cm³/mol. The van der Waals surface area contributed by atoms with Crippen LogP contribution in [0.3, 0.4) is 0 Å². The fourth-order valence-electron chi connectivity index (χ4n) is 4.52. The molecule has 0 aliphatic carbocycles. The van der Waals surface area contributed by atoms with E-state index in [1.807, 2.05) is 91.0 Å². The lowest BCUT2D eigenvalue weighted by Crippen LogP contribution is -2.51. The summed E-state index contributed by atoms with van der Waals surface area (Å²) in [5, 5.41) is 3.13. The van der Waals surface area contributed by atoms with Gasteiger partial charge in [-0.05, 0) is 28.8 Å². The monoisotopic (exact) mass is 460 g/mol. The fraction of sp³-hybridized carbons (Fsp3) is 0.100. The second-order valence-electron chi connectivity index (χ2n) is 8.49. The van der Waals surface area contributed by atoms with Crippen LogP contribution in [0.25, 0.3) is 0 Å². The minimum atomic E-state index is -1.00. The van der Waals surface area contributed by atoms with Crippen LogP contribution in [0.1, 0.15) is 43.4 Å². The van der Waals surface area contributed by atoms with E-state index in [-0.39, 0.29) is 12.3 Å². The molecule has 4 aromatic carbocycles. The summed E-state index contributed by atoms with van der Waals surface area (Å²) >= 11 is 0. The average Bonchev–Trinajstić information content (AvgIpc) is 3.17. The second kappa shape index (κ2) is 9.77. The van der Waals surface area contributed by atoms with Gasteiger partial charge in [-0.3, -0.25) is 19.3 Å². The van der Waals surface area contributed by atoms with Gasteiger partial charge in [-0.1, -0.05) is 103 Å². The highest BCUT2D eigenvalue weighted by molar-refractivity contribution is 6.22. The number of fused-ring (bicyclic) bond motifs is 1. The lowest BCUT2D eigenvalue weighted by atomic mass is 9.97. The van der Waals surface area contributed by atoms with E-state index in [0.717, 1.165) is 21.6 Å². The number of amides is 3. The molecule has 1 heterocycles. The zero-order chi connectivity index (χ0) is 24.2. The van der Waals surface area contributed by atoms with E-state index in [2.05, 4.69) is 5.32 Å². The van der Waals surface area contributed by atoms with Gasteiger partial charge in [-0.25, -0.2) is 0 Å². The van der Waals surface area contributed by atoms with Crippen molar-refractivity contribution < 1.29 is 14.4 Å². The van der Waals surface area contributed by atoms with Crippen LogP contribution in [0, 0.1) is 0 Å². The first-order valence-electron chi connectivity index (χ1n) is 11.5. The number of hydrogen-bond acceptors (Lipinski definition) is 3. The second-order valence-corrected chi connectivity index (χ2v) is 8.49. The van der Waals surface area contributed by atoms with E-state index in [9.17, 15) is 14.4 Å². The molecule has 35 heavy (non-hydrogen) atoms. The summed E-state index contributed by atoms with van der Waals surface area (Å²) in [6, 6.07) is 34.0. The van der Waals surface area contributed by atoms with Crippen molar-refractivity contribution in [1.82, 2.24) is 10.2 Å². The molecule has 0 spiro atoms. The van der Waals surface area contributed by atoms with Crippen LogP contribution in [0.4, 0.5) is 0 Å². The number of imide groups is 1. The van der Waals surface area contributed by atoms with Crippen molar-refractivity contribution in [1.29, 1.82) is 0 Å². The highest BCUT2D eigenvalue weighted by Gasteiger charge is 2.43. The van der Waals surface area contributed by atoms with Crippen LogP contribution in [-0.2, 0) is 11.2 Å². The van der Waals surface area contributed by atoms with Gasteiger partial charge in [0.1, 0.15) is 6.04 Å². The van der Waals surface area contributed by atoms with Gasteiger partial charge in [0.2, 0.25) is 5.91 Å². The van der Waals surface area contributed by atoms with Crippen LogP contribution in [-0.4, -0.2) is 28.7 Å². The van der Waals surface area contributed by atoms with Crippen LogP contribution >= 0.6 is 0 Å². The van der Waals surface area contributed by atoms with Gasteiger partial charge in [0.15, 0.2) is 0 Å². The SMILES string of the molecule is O=C(NC(c1ccccc1)c1ccccc1)C(Cc1ccccc1)N1C(=O)c2ccccc2C1=O. The third kappa shape index (κ3) is 4.49. The lowest BCUT2D eigenvalue weighted by Gasteiger charge is -2.28. The molecule has 0 saturated carbocycles. The summed E-state index contributed by atoms with van der Waals surface area (Å²) in [7, 11) is 0. The smallest absolute Gasteiger partial charge is 0.262 e. The molecule has 5 rings (SSSR count). The lowest BCUT2D eigenvalue weighted by molar-refractivity contribution is -0.125. The zero-order valence-corrected chi connectivity index (χ0v) is 19.0. The van der Waals surface area contributed by atoms with E-state index >= 15 is 0 Å². The first-order valence-corrected chi connectivity index (χ1v) is 11.5. The van der Waals surface area contributed by atoms with Crippen molar-refractivity contribution in [2.75, 3.05) is 0 Å². The number of benzene rings is 4. The maximum Gasteiger partial charge on any atom is 0.262 e. The number of nitrogens with one attached hydrogen (secondary N) is 1. The predicted octanol–water partition coefficient (Wildman–Crippen LogP) is 4.80. The molecule has 1 aliphatic heterocycles. The summed E-state index contributed by atoms with van der Waals surface area (Å²) in [4.78, 5) is 41.6. The largest absolute Gasteiger partial charge is 0.343 e. The van der Waals surface area contributed by atoms with E-state index < -0.39 is 23.9 Å². The molecular weight excluding hydrogens is 436 g/mol. The molecule has 3 amide bonds. The Labute approximate surface area is 204 Å². The molecule has 1 atom stereocenters. The van der Waals surface area contributed by atoms with Crippen molar-refractivity contribution in [2.45, 2.75) is 18.5 Å². The Morgan fingerprint density at radius 2 is 1.06 bits per heavy atom. The molecule has 1 aliphatic rings. The molecule has 0 radical (unpaired) electrons. The van der Waals surface area contributed by atoms with E-state index in [4.69, 9.17) is 0 Å². The Balaban J connectivity index is 1.52. The minimum absolute atomic E-state index is 0.217. The third-order valence-corrected chi connectivity index (χ3v) is 6.26. The molecule has 1 unspecified atom stereocenters. The van der Waals surface area contributed by atoms with Gasteiger partial charge >= 0.3 is 0 Å². The molecule has 5 heteroatoms. The van der Waals surface area contributed by atoms with E-state index in [1.54, 1.807) is 24.3 Å². The number of carbonyl (C=O) groups is 3. The Bertz CT molecular complexity index is 1280. The van der Waals surface area contributed by atoms with E-state index in [1.165, 1.54) is 0 Å². The normalized spacial score (nSPS) is 13.6. The maximum absolute atomic E-state index is 13.9. The molecule has 0 aromatic heterocycles. The van der Waals surface area contributed by atoms with Crippen LogP contribution < -0.4 is 5.32 Å². The summed E-state index contributed by atoms with van der Waals surface area (Å²) in [6.45, 7) is 0. The Morgan fingerprint density at radius 1 is 0.629 bits per heavy atom. The minimum Gasteiger partial charge on any atom is -0.343 e. The van der Waals surface area contributed by atoms with Gasteiger partial charge in [-0.2, -0.15) is 0 Å². The Hall–Kier alpha value is -4.51. The fourth-order valence-corrected chi connectivity index (χ4v) is 4.52. The molecule has 1 N–H and O–H groups in total. The quantitative estimate of drug-likeness (QED) is 0.403. The van der Waals surface area contributed by atoms with Crippen LogP contribution in [0.2, 0.25) is 0 Å². The molecule has 0 bridgehead atoms. The molecule has 5 nitrogen and oxygen atoms in total. The van der Waals surface area contributed by atoms with Crippen molar-refractivity contribution >= 4 is 17.7 Å². The first-order chi connectivity index (χ1) is 17.1. The molecule has 4 aromatic rings. The molecular formula is C30H24N2O3. The van der Waals surface area contributed by atoms with Crippen molar-refractivity contribution in [3.05, 3.63) is 143 Å². The number of hydrogen-bond donors (Lipinski definition) is 1. The van der Waals surface area contributed by atoms with Crippen LogP contribution in [0.15, 0.2) is 115 Å². The zero-order valence-electron chi connectivity index (χ0n) is 19.0. The van der Waals surface area contributed by atoms with Crippen molar-refractivity contribution in [2.24, 2.45) is 0 Å². The standard InChI is InChI=1S/C30H24N2O3/c33-28(31-27(22-14-6-2-7-15-22)23-16-8-3-9-17-23)26(20-21-12-4-1-5-13-21)32-29(34)24-18-10-11-19-25(24)30(32)35/h1-19,26-27H,20H2,(H,31,33). The summed E-state index contributed by atoms with van der Waals surface area (Å²) in [6.07, 6.45) is 0.217. The first kappa shape index (κ1) is 22.3.